The number of nitro benzene ring substituents is 2. The van der Waals surface area contributed by atoms with E-state index in [-0.39, 0.29) is 58.5 Å². The number of nitro groups is 2. The number of primary amides is 1. The van der Waals surface area contributed by atoms with Crippen LogP contribution in [0.1, 0.15) is 18.4 Å². The van der Waals surface area contributed by atoms with Gasteiger partial charge in [-0.15, -0.1) is 0 Å². The number of hydrazone groups is 1. The molecule has 18 heteroatoms. The average Bonchev–Trinajstić information content (AvgIpc) is 3.04. The van der Waals surface area contributed by atoms with Crippen LogP contribution in [-0.2, 0) is 21.9 Å². The zero-order chi connectivity index (χ0) is 33.2. The normalized spacial score (nSPS) is 14.5. The molecule has 0 radical (unpaired) electrons. The number of aromatic nitrogens is 2. The zero-order valence-electron chi connectivity index (χ0n) is 24.1. The van der Waals surface area contributed by atoms with Gasteiger partial charge in [0.25, 0.3) is 16.9 Å². The third kappa shape index (κ3) is 6.58. The highest BCUT2D eigenvalue weighted by Gasteiger charge is 2.34. The first-order valence-electron chi connectivity index (χ1n) is 13.7. The number of nitrogens with one attached hydrogen (secondary N) is 1. The van der Waals surface area contributed by atoms with Crippen LogP contribution in [0.25, 0.3) is 10.9 Å². The van der Waals surface area contributed by atoms with E-state index >= 15 is 0 Å². The third-order valence-corrected chi connectivity index (χ3v) is 10.4. The lowest BCUT2D eigenvalue weighted by atomic mass is 9.98. The summed E-state index contributed by atoms with van der Waals surface area (Å²) in [7, 11) is -2.72. The maximum absolute atomic E-state index is 13.5. The van der Waals surface area contributed by atoms with Crippen molar-refractivity contribution in [3.05, 3.63) is 96.8 Å². The number of amides is 1. The van der Waals surface area contributed by atoms with Crippen molar-refractivity contribution in [2.75, 3.05) is 18.5 Å². The molecule has 46 heavy (non-hydrogen) atoms. The number of anilines is 1. The van der Waals surface area contributed by atoms with E-state index in [9.17, 15) is 38.2 Å². The third-order valence-electron chi connectivity index (χ3n) is 7.37. The topological polar surface area (TPSA) is 226 Å². The molecule has 5 rings (SSSR count). The largest absolute Gasteiger partial charge is 0.369 e. The Labute approximate surface area is 265 Å². The zero-order valence-corrected chi connectivity index (χ0v) is 25.7. The molecule has 3 aromatic carbocycles. The van der Waals surface area contributed by atoms with Crippen molar-refractivity contribution in [2.24, 2.45) is 23.8 Å². The Morgan fingerprint density at radius 2 is 1.80 bits per heavy atom. The number of fused-ring (bicyclic) bond motifs is 1. The van der Waals surface area contributed by atoms with Crippen LogP contribution < -0.4 is 16.7 Å². The summed E-state index contributed by atoms with van der Waals surface area (Å²) in [4.78, 5) is 50.7. The highest BCUT2D eigenvalue weighted by Crippen LogP contribution is 2.35. The Morgan fingerprint density at radius 3 is 2.48 bits per heavy atom. The number of nitrogens with two attached hydrogens (primary N) is 1. The monoisotopic (exact) mass is 666 g/mol. The van der Waals surface area contributed by atoms with Gasteiger partial charge >= 0.3 is 0 Å². The first kappa shape index (κ1) is 32.2. The Hall–Kier alpha value is -5.20. The van der Waals surface area contributed by atoms with E-state index in [1.165, 1.54) is 42.1 Å². The SMILES string of the molecule is Cn1c(Sc2ccc(/C=N\Nc3ccc([N+](=O)[O-])cc3S(=O)(=O)N3CCC(C(N)=O)CC3)cc2[N+](=O)[O-])nc2ccccc2c1=O. The molecule has 1 aromatic heterocycles. The number of hydrogen-bond acceptors (Lipinski definition) is 12. The van der Waals surface area contributed by atoms with Crippen LogP contribution in [-0.4, -0.2) is 57.3 Å². The molecule has 4 aromatic rings. The Balaban J connectivity index is 1.40. The molecule has 1 saturated heterocycles. The Morgan fingerprint density at radius 1 is 1.09 bits per heavy atom. The predicted octanol–water partition coefficient (Wildman–Crippen LogP) is 3.23. The van der Waals surface area contributed by atoms with Crippen molar-refractivity contribution in [3.63, 3.8) is 0 Å². The molecule has 3 N–H and O–H groups in total. The number of carbonyl (C=O) groups is 1. The fourth-order valence-corrected chi connectivity index (χ4v) is 7.42. The van der Waals surface area contributed by atoms with Crippen LogP contribution in [0.5, 0.6) is 0 Å². The van der Waals surface area contributed by atoms with Crippen molar-refractivity contribution < 1.29 is 23.1 Å². The van der Waals surface area contributed by atoms with E-state index in [0.29, 0.717) is 10.9 Å². The minimum Gasteiger partial charge on any atom is -0.369 e. The molecule has 1 aliphatic heterocycles. The van der Waals surface area contributed by atoms with E-state index in [1.54, 1.807) is 24.3 Å². The summed E-state index contributed by atoms with van der Waals surface area (Å²) in [5, 5.41) is 28.1. The second-order valence-corrected chi connectivity index (χ2v) is 13.2. The molecule has 0 unspecified atom stereocenters. The van der Waals surface area contributed by atoms with Crippen molar-refractivity contribution in [2.45, 2.75) is 27.8 Å². The second-order valence-electron chi connectivity index (χ2n) is 10.3. The van der Waals surface area contributed by atoms with Crippen LogP contribution in [0.3, 0.4) is 0 Å². The van der Waals surface area contributed by atoms with Crippen molar-refractivity contribution in [1.29, 1.82) is 0 Å². The molecule has 1 amide bonds. The summed E-state index contributed by atoms with van der Waals surface area (Å²) in [6.45, 7) is -0.00347. The van der Waals surface area contributed by atoms with Gasteiger partial charge in [-0.1, -0.05) is 18.2 Å². The highest BCUT2D eigenvalue weighted by molar-refractivity contribution is 7.99. The number of carbonyl (C=O) groups excluding carboxylic acids is 1. The summed E-state index contributed by atoms with van der Waals surface area (Å²) >= 11 is 0.949. The molecular formula is C28H26N8O8S2. The van der Waals surface area contributed by atoms with Crippen LogP contribution in [0, 0.1) is 26.1 Å². The number of rotatable bonds is 10. The quantitative estimate of drug-likeness (QED) is 0.108. The molecule has 0 spiro atoms. The summed E-state index contributed by atoms with van der Waals surface area (Å²) in [6.07, 6.45) is 1.65. The minimum absolute atomic E-state index is 0.00173. The van der Waals surface area contributed by atoms with Gasteiger partial charge < -0.3 is 5.73 Å². The van der Waals surface area contributed by atoms with Gasteiger partial charge in [-0.05, 0) is 48.9 Å². The van der Waals surface area contributed by atoms with Crippen molar-refractivity contribution >= 4 is 61.9 Å². The van der Waals surface area contributed by atoms with Gasteiger partial charge in [0, 0.05) is 49.8 Å². The van der Waals surface area contributed by atoms with E-state index in [0.717, 1.165) is 28.2 Å². The summed E-state index contributed by atoms with van der Waals surface area (Å²) in [6, 6.07) is 14.3. The number of sulfonamides is 1. The number of para-hydroxylation sites is 1. The Kier molecular flexibility index (Phi) is 9.12. The minimum atomic E-state index is -4.25. The van der Waals surface area contributed by atoms with Crippen molar-refractivity contribution in [3.8, 4) is 0 Å². The highest BCUT2D eigenvalue weighted by atomic mass is 32.2. The lowest BCUT2D eigenvalue weighted by Gasteiger charge is -2.30. The van der Waals surface area contributed by atoms with Gasteiger partial charge in [0.15, 0.2) is 5.16 Å². The van der Waals surface area contributed by atoms with Crippen LogP contribution in [0.2, 0.25) is 0 Å². The maximum Gasteiger partial charge on any atom is 0.283 e. The van der Waals surface area contributed by atoms with Crippen LogP contribution >= 0.6 is 11.8 Å². The standard InChI is InChI=1S/C28H26N8O8S2/c1-33-27(38)20-4-2-3-5-21(20)31-28(33)45-24-9-6-17(14-23(24)36(41)42)16-30-32-22-8-7-19(35(39)40)15-25(22)46(43,44)34-12-10-18(11-13-34)26(29)37/h2-9,14-16,18,32H,10-13H2,1H3,(H2,29,37)/b30-16-. The molecule has 2 heterocycles. The van der Waals surface area contributed by atoms with Gasteiger partial charge in [-0.2, -0.15) is 9.41 Å². The lowest BCUT2D eigenvalue weighted by molar-refractivity contribution is -0.387. The molecule has 1 aliphatic rings. The fraction of sp³-hybridized carbons (Fsp3) is 0.214. The second kappa shape index (κ2) is 13.0. The Bertz CT molecular complexity index is 2080. The first-order chi connectivity index (χ1) is 21.9. The number of hydrogen-bond donors (Lipinski definition) is 2. The lowest BCUT2D eigenvalue weighted by Crippen LogP contribution is -2.41. The maximum atomic E-state index is 13.5. The van der Waals surface area contributed by atoms with E-state index < -0.39 is 42.3 Å². The molecule has 0 aliphatic carbocycles. The van der Waals surface area contributed by atoms with Gasteiger partial charge in [0.05, 0.1) is 37.5 Å². The van der Waals surface area contributed by atoms with E-state index in [4.69, 9.17) is 5.73 Å². The first-order valence-corrected chi connectivity index (χ1v) is 15.9. The van der Waals surface area contributed by atoms with Gasteiger partial charge in [-0.3, -0.25) is 39.8 Å². The number of benzene rings is 3. The average molecular weight is 667 g/mol. The fourth-order valence-electron chi connectivity index (χ4n) is 4.86. The molecule has 0 saturated carbocycles. The van der Waals surface area contributed by atoms with Gasteiger partial charge in [0.2, 0.25) is 15.9 Å². The molecule has 16 nitrogen and oxygen atoms in total. The molecule has 238 valence electrons. The van der Waals surface area contributed by atoms with E-state index in [1.807, 2.05) is 0 Å². The number of piperidine rings is 1. The number of nitrogens with zero attached hydrogens (tertiary/aromatic N) is 6. The predicted molar refractivity (Wildman–Crippen MR) is 169 cm³/mol. The van der Waals surface area contributed by atoms with E-state index in [2.05, 4.69) is 15.5 Å². The summed E-state index contributed by atoms with van der Waals surface area (Å²) in [5.41, 5.74) is 7.56. The molecule has 0 bridgehead atoms. The molecule has 1 fully saturated rings. The molecular weight excluding hydrogens is 640 g/mol. The summed E-state index contributed by atoms with van der Waals surface area (Å²) < 4.78 is 29.5. The van der Waals surface area contributed by atoms with Crippen LogP contribution in [0.15, 0.2) is 85.5 Å². The summed E-state index contributed by atoms with van der Waals surface area (Å²) in [5.74, 6) is -0.990. The van der Waals surface area contributed by atoms with Crippen molar-refractivity contribution in [1.82, 2.24) is 13.9 Å². The van der Waals surface area contributed by atoms with Gasteiger partial charge in [0.1, 0.15) is 4.90 Å². The van der Waals surface area contributed by atoms with Crippen LogP contribution in [0.4, 0.5) is 17.1 Å². The smallest absolute Gasteiger partial charge is 0.283 e. The number of non-ortho nitro benzene ring substituents is 1. The van der Waals surface area contributed by atoms with Gasteiger partial charge in [-0.25, -0.2) is 13.4 Å². The molecule has 0 atom stereocenters.